The molecule has 1 unspecified atom stereocenters. The molecule has 1 atom stereocenters. The molecule has 0 saturated carbocycles. The highest BCUT2D eigenvalue weighted by Crippen LogP contribution is 2.14. The number of nitrogens with one attached hydrogen (secondary N) is 1. The maximum atomic E-state index is 5.74. The number of benzene rings is 1. The summed E-state index contributed by atoms with van der Waals surface area (Å²) in [5.41, 5.74) is 1.31. The summed E-state index contributed by atoms with van der Waals surface area (Å²) >= 11 is 0. The van der Waals surface area contributed by atoms with Gasteiger partial charge in [-0.25, -0.2) is 0 Å². The second kappa shape index (κ2) is 7.33. The first-order valence-electron chi connectivity index (χ1n) is 6.58. The molecule has 0 heterocycles. The molecule has 0 aliphatic heterocycles. The van der Waals surface area contributed by atoms with Gasteiger partial charge < -0.3 is 10.1 Å². The Morgan fingerprint density at radius 3 is 2.29 bits per heavy atom. The molecule has 1 aromatic carbocycles. The van der Waals surface area contributed by atoms with E-state index in [-0.39, 0.29) is 0 Å². The second-order valence-corrected chi connectivity index (χ2v) is 5.01. The smallest absolute Gasteiger partial charge is 0.119 e. The van der Waals surface area contributed by atoms with Gasteiger partial charge in [-0.1, -0.05) is 32.9 Å². The summed E-state index contributed by atoms with van der Waals surface area (Å²) in [6, 6.07) is 8.37. The van der Waals surface area contributed by atoms with Crippen molar-refractivity contribution in [1.29, 1.82) is 0 Å². The first kappa shape index (κ1) is 14.0. The van der Waals surface area contributed by atoms with Crippen molar-refractivity contribution in [1.82, 2.24) is 5.32 Å². The van der Waals surface area contributed by atoms with Gasteiger partial charge >= 0.3 is 0 Å². The van der Waals surface area contributed by atoms with Crippen molar-refractivity contribution < 1.29 is 4.74 Å². The van der Waals surface area contributed by atoms with Crippen LogP contribution in [0, 0.1) is 5.92 Å². The fraction of sp³-hybridized carbons (Fsp3) is 0.600. The van der Waals surface area contributed by atoms with E-state index in [1.54, 1.807) is 0 Å². The Morgan fingerprint density at radius 2 is 1.76 bits per heavy atom. The minimum Gasteiger partial charge on any atom is -0.491 e. The van der Waals surface area contributed by atoms with Crippen molar-refractivity contribution >= 4 is 0 Å². The van der Waals surface area contributed by atoms with Crippen LogP contribution in [0.2, 0.25) is 0 Å². The highest BCUT2D eigenvalue weighted by molar-refractivity contribution is 5.27. The summed E-state index contributed by atoms with van der Waals surface area (Å²) < 4.78 is 5.74. The van der Waals surface area contributed by atoms with E-state index in [0.29, 0.717) is 12.0 Å². The van der Waals surface area contributed by atoms with Crippen molar-refractivity contribution in [3.63, 3.8) is 0 Å². The number of hydrogen-bond acceptors (Lipinski definition) is 2. The van der Waals surface area contributed by atoms with Gasteiger partial charge in [-0.05, 0) is 43.5 Å². The average Bonchev–Trinajstić information content (AvgIpc) is 2.31. The van der Waals surface area contributed by atoms with Crippen LogP contribution in [0.5, 0.6) is 5.75 Å². The minimum atomic E-state index is 0.292. The highest BCUT2D eigenvalue weighted by atomic mass is 16.5. The van der Waals surface area contributed by atoms with Gasteiger partial charge in [-0.3, -0.25) is 0 Å². The normalized spacial score (nSPS) is 12.8. The summed E-state index contributed by atoms with van der Waals surface area (Å²) in [6.45, 7) is 10.7. The molecule has 0 aliphatic carbocycles. The second-order valence-electron chi connectivity index (χ2n) is 5.01. The van der Waals surface area contributed by atoms with Crippen LogP contribution in [0.25, 0.3) is 0 Å². The minimum absolute atomic E-state index is 0.292. The van der Waals surface area contributed by atoms with Crippen molar-refractivity contribution in [3.05, 3.63) is 29.8 Å². The predicted molar refractivity (Wildman–Crippen MR) is 73.4 cm³/mol. The predicted octanol–water partition coefficient (Wildman–Crippen LogP) is 3.61. The molecule has 1 N–H and O–H groups in total. The molecule has 0 bridgehead atoms. The molecule has 0 spiro atoms. The third-order valence-corrected chi connectivity index (χ3v) is 2.72. The fourth-order valence-corrected chi connectivity index (χ4v) is 1.51. The molecule has 2 nitrogen and oxygen atoms in total. The highest BCUT2D eigenvalue weighted by Gasteiger charge is 2.01. The maximum Gasteiger partial charge on any atom is 0.119 e. The Bertz CT molecular complexity index is 305. The molecule has 96 valence electrons. The van der Waals surface area contributed by atoms with Crippen molar-refractivity contribution in [2.75, 3.05) is 6.54 Å². The molecular weight excluding hydrogens is 210 g/mol. The zero-order valence-electron chi connectivity index (χ0n) is 11.5. The molecular formula is C15H25NO. The molecule has 0 aliphatic rings. The van der Waals surface area contributed by atoms with Gasteiger partial charge in [0.15, 0.2) is 0 Å². The molecule has 17 heavy (non-hydrogen) atoms. The Kier molecular flexibility index (Phi) is 6.06. The van der Waals surface area contributed by atoms with Crippen molar-refractivity contribution in [2.24, 2.45) is 5.92 Å². The van der Waals surface area contributed by atoms with Crippen molar-refractivity contribution in [2.45, 2.75) is 46.8 Å². The molecule has 0 fully saturated rings. The Labute approximate surface area is 105 Å². The molecule has 0 amide bonds. The van der Waals surface area contributed by atoms with Gasteiger partial charge in [0, 0.05) is 6.54 Å². The van der Waals surface area contributed by atoms with Gasteiger partial charge in [-0.15, -0.1) is 0 Å². The summed E-state index contributed by atoms with van der Waals surface area (Å²) in [4.78, 5) is 0. The van der Waals surface area contributed by atoms with E-state index >= 15 is 0 Å². The van der Waals surface area contributed by atoms with Crippen LogP contribution < -0.4 is 10.1 Å². The number of rotatable bonds is 7. The van der Waals surface area contributed by atoms with Gasteiger partial charge in [0.2, 0.25) is 0 Å². The van der Waals surface area contributed by atoms with Crippen LogP contribution in [0.4, 0.5) is 0 Å². The fourth-order valence-electron chi connectivity index (χ4n) is 1.51. The zero-order valence-corrected chi connectivity index (χ0v) is 11.5. The lowest BCUT2D eigenvalue weighted by atomic mass is 10.2. The first-order valence-corrected chi connectivity index (χ1v) is 6.58. The lowest BCUT2D eigenvalue weighted by Gasteiger charge is -2.13. The summed E-state index contributed by atoms with van der Waals surface area (Å²) in [6.07, 6.45) is 1.33. The van der Waals surface area contributed by atoms with Crippen LogP contribution in [0.15, 0.2) is 24.3 Å². The van der Waals surface area contributed by atoms with Crippen LogP contribution in [0.3, 0.4) is 0 Å². The van der Waals surface area contributed by atoms with Gasteiger partial charge in [0.05, 0.1) is 6.10 Å². The molecule has 0 saturated heterocycles. The standard InChI is InChI=1S/C15H25NO/c1-5-13(4)17-15-8-6-14(7-9-15)11-16-10-12(2)3/h6-9,12-13,16H,5,10-11H2,1-4H3. The van der Waals surface area contributed by atoms with Crippen LogP contribution in [0.1, 0.15) is 39.7 Å². The van der Waals surface area contributed by atoms with E-state index in [1.807, 2.05) is 0 Å². The molecule has 1 aromatic rings. The van der Waals surface area contributed by atoms with Gasteiger partial charge in [0.1, 0.15) is 5.75 Å². The molecule has 2 heteroatoms. The van der Waals surface area contributed by atoms with Crippen LogP contribution in [-0.2, 0) is 6.54 Å². The topological polar surface area (TPSA) is 21.3 Å². The van der Waals surface area contributed by atoms with E-state index in [2.05, 4.69) is 57.3 Å². The third-order valence-electron chi connectivity index (χ3n) is 2.72. The average molecular weight is 235 g/mol. The summed E-state index contributed by atoms with van der Waals surface area (Å²) in [5, 5.41) is 3.43. The monoisotopic (exact) mass is 235 g/mol. The summed E-state index contributed by atoms with van der Waals surface area (Å²) in [7, 11) is 0. The van der Waals surface area contributed by atoms with E-state index in [4.69, 9.17) is 4.74 Å². The lowest BCUT2D eigenvalue weighted by molar-refractivity contribution is 0.217. The maximum absolute atomic E-state index is 5.74. The SMILES string of the molecule is CCC(C)Oc1ccc(CNCC(C)C)cc1. The Morgan fingerprint density at radius 1 is 1.12 bits per heavy atom. The van der Waals surface area contributed by atoms with Crippen LogP contribution in [-0.4, -0.2) is 12.6 Å². The first-order chi connectivity index (χ1) is 8.11. The summed E-state index contributed by atoms with van der Waals surface area (Å²) in [5.74, 6) is 1.66. The van der Waals surface area contributed by atoms with E-state index in [1.165, 1.54) is 5.56 Å². The van der Waals surface area contributed by atoms with E-state index in [0.717, 1.165) is 25.3 Å². The Hall–Kier alpha value is -1.02. The lowest BCUT2D eigenvalue weighted by Crippen LogP contribution is -2.18. The van der Waals surface area contributed by atoms with E-state index in [9.17, 15) is 0 Å². The number of ether oxygens (including phenoxy) is 1. The van der Waals surface area contributed by atoms with Crippen molar-refractivity contribution in [3.8, 4) is 5.75 Å². The van der Waals surface area contributed by atoms with Crippen LogP contribution >= 0.6 is 0 Å². The quantitative estimate of drug-likeness (QED) is 0.779. The number of hydrogen-bond donors (Lipinski definition) is 1. The zero-order chi connectivity index (χ0) is 12.7. The Balaban J connectivity index is 2.39. The molecule has 0 aromatic heterocycles. The third kappa shape index (κ3) is 5.73. The molecule has 0 radical (unpaired) electrons. The van der Waals surface area contributed by atoms with Gasteiger partial charge in [0.25, 0.3) is 0 Å². The van der Waals surface area contributed by atoms with E-state index < -0.39 is 0 Å². The largest absolute Gasteiger partial charge is 0.491 e. The molecule has 1 rings (SSSR count). The van der Waals surface area contributed by atoms with Gasteiger partial charge in [-0.2, -0.15) is 0 Å².